The molecule has 3 rings (SSSR count). The maximum atomic E-state index is 14.0. The molecule has 0 heterocycles. The van der Waals surface area contributed by atoms with Crippen molar-refractivity contribution in [1.29, 1.82) is 0 Å². The molecule has 3 fully saturated rings. The van der Waals surface area contributed by atoms with Gasteiger partial charge in [0.05, 0.1) is 0 Å². The summed E-state index contributed by atoms with van der Waals surface area (Å²) in [5, 5.41) is 0. The van der Waals surface area contributed by atoms with Gasteiger partial charge in [0, 0.05) is 5.66 Å². The lowest BCUT2D eigenvalue weighted by Gasteiger charge is -2.42. The van der Waals surface area contributed by atoms with Gasteiger partial charge in [-0.15, -0.1) is 9.24 Å². The van der Waals surface area contributed by atoms with Crippen LogP contribution in [0.25, 0.3) is 0 Å². The monoisotopic (exact) mass is 330 g/mol. The van der Waals surface area contributed by atoms with Crippen LogP contribution in [0, 0.1) is 29.6 Å². The molecule has 3 unspecified atom stereocenters. The summed E-state index contributed by atoms with van der Waals surface area (Å²) in [6, 6.07) is 0. The normalized spacial score (nSPS) is 50.7. The van der Waals surface area contributed by atoms with Crippen LogP contribution in [-0.2, 0) is 0 Å². The molecule has 3 aliphatic rings. The fourth-order valence-corrected chi connectivity index (χ4v) is 5.76. The number of alkyl halides is 2. The summed E-state index contributed by atoms with van der Waals surface area (Å²) >= 11 is 0. The van der Waals surface area contributed by atoms with Gasteiger partial charge in [-0.05, 0) is 81.0 Å². The lowest BCUT2D eigenvalue weighted by Crippen LogP contribution is -2.39. The molecule has 0 aromatic carbocycles. The van der Waals surface area contributed by atoms with Gasteiger partial charge in [0.25, 0.3) is 0 Å². The number of halogens is 2. The molecule has 0 aromatic rings. The predicted molar refractivity (Wildman–Crippen MR) is 92.6 cm³/mol. The summed E-state index contributed by atoms with van der Waals surface area (Å²) in [6.45, 7) is 2.39. The Bertz CT molecular complexity index is 333. The van der Waals surface area contributed by atoms with Gasteiger partial charge in [0.1, 0.15) is 12.3 Å². The molecule has 0 N–H and O–H groups in total. The minimum atomic E-state index is -0.948. The van der Waals surface area contributed by atoms with Gasteiger partial charge in [0.15, 0.2) is 0 Å². The molecule has 0 radical (unpaired) electrons. The van der Waals surface area contributed by atoms with Crippen molar-refractivity contribution < 1.29 is 8.78 Å². The Morgan fingerprint density at radius 1 is 0.636 bits per heavy atom. The maximum Gasteiger partial charge on any atom is 0.109 e. The SMILES string of the molecule is CC1CCC(C2CCC(C3CC(F)C(P)C(F)C3)CC2)CC1. The molecular weight excluding hydrogens is 297 g/mol. The Kier molecular flexibility index (Phi) is 5.80. The minimum absolute atomic E-state index is 0.300. The van der Waals surface area contributed by atoms with Crippen molar-refractivity contribution in [1.82, 2.24) is 0 Å². The summed E-state index contributed by atoms with van der Waals surface area (Å²) in [5.74, 6) is 3.67. The Morgan fingerprint density at radius 2 is 1.00 bits per heavy atom. The maximum absolute atomic E-state index is 14.0. The largest absolute Gasteiger partial charge is 0.247 e. The Morgan fingerprint density at radius 3 is 1.45 bits per heavy atom. The van der Waals surface area contributed by atoms with Crippen LogP contribution in [0.2, 0.25) is 0 Å². The number of hydrogen-bond donors (Lipinski definition) is 0. The van der Waals surface area contributed by atoms with Gasteiger partial charge in [-0.25, -0.2) is 8.78 Å². The molecular formula is C19H33F2P. The van der Waals surface area contributed by atoms with Crippen LogP contribution in [0.5, 0.6) is 0 Å². The number of rotatable bonds is 2. The van der Waals surface area contributed by atoms with E-state index in [1.54, 1.807) is 0 Å². The standard InChI is InChI=1S/C19H33F2P/c1-12-2-4-13(5-3-12)14-6-8-15(9-7-14)16-10-17(20)19(22)18(21)11-16/h12-19H,2-11,22H2,1H3. The highest BCUT2D eigenvalue weighted by molar-refractivity contribution is 7.17. The molecule has 3 saturated carbocycles. The Hall–Kier alpha value is 0.290. The highest BCUT2D eigenvalue weighted by Gasteiger charge is 2.40. The van der Waals surface area contributed by atoms with Crippen LogP contribution < -0.4 is 0 Å². The molecule has 3 atom stereocenters. The van der Waals surface area contributed by atoms with E-state index in [1.165, 1.54) is 51.4 Å². The fourth-order valence-electron chi connectivity index (χ4n) is 5.45. The smallest absolute Gasteiger partial charge is 0.109 e. The van der Waals surface area contributed by atoms with E-state index < -0.39 is 18.0 Å². The van der Waals surface area contributed by atoms with Crippen molar-refractivity contribution in [2.24, 2.45) is 29.6 Å². The van der Waals surface area contributed by atoms with E-state index in [0.29, 0.717) is 24.7 Å². The minimum Gasteiger partial charge on any atom is -0.247 e. The highest BCUT2D eigenvalue weighted by atomic mass is 31.0. The van der Waals surface area contributed by atoms with Crippen molar-refractivity contribution >= 4 is 9.24 Å². The van der Waals surface area contributed by atoms with Crippen molar-refractivity contribution in [2.75, 3.05) is 0 Å². The fraction of sp³-hybridized carbons (Fsp3) is 1.00. The van der Waals surface area contributed by atoms with Gasteiger partial charge in [0.2, 0.25) is 0 Å². The molecule has 0 saturated heterocycles. The van der Waals surface area contributed by atoms with Crippen LogP contribution in [0.1, 0.15) is 71.1 Å². The third-order valence-corrected chi connectivity index (χ3v) is 7.94. The summed E-state index contributed by atoms with van der Waals surface area (Å²) in [7, 11) is 2.38. The van der Waals surface area contributed by atoms with E-state index in [4.69, 9.17) is 0 Å². The van der Waals surface area contributed by atoms with E-state index >= 15 is 0 Å². The van der Waals surface area contributed by atoms with Crippen LogP contribution in [0.15, 0.2) is 0 Å². The molecule has 0 aliphatic heterocycles. The topological polar surface area (TPSA) is 0 Å². The average molecular weight is 330 g/mol. The first-order valence-corrected chi connectivity index (χ1v) is 10.2. The predicted octanol–water partition coefficient (Wildman–Crippen LogP) is 5.95. The molecule has 3 heteroatoms. The second-order valence-electron chi connectivity index (χ2n) is 8.54. The molecule has 3 aliphatic carbocycles. The van der Waals surface area contributed by atoms with E-state index in [0.717, 1.165) is 17.8 Å². The summed E-state index contributed by atoms with van der Waals surface area (Å²) < 4.78 is 28.0. The Balaban J connectivity index is 1.47. The zero-order valence-corrected chi connectivity index (χ0v) is 15.2. The first kappa shape index (κ1) is 17.1. The Labute approximate surface area is 137 Å². The molecule has 0 bridgehead atoms. The first-order valence-electron chi connectivity index (χ1n) is 9.58. The van der Waals surface area contributed by atoms with Crippen molar-refractivity contribution in [2.45, 2.75) is 89.1 Å². The van der Waals surface area contributed by atoms with Crippen molar-refractivity contribution in [3.05, 3.63) is 0 Å². The lowest BCUT2D eigenvalue weighted by molar-refractivity contribution is 0.0615. The molecule has 128 valence electrons. The number of hydrogen-bond acceptors (Lipinski definition) is 0. The van der Waals surface area contributed by atoms with Crippen molar-refractivity contribution in [3.8, 4) is 0 Å². The van der Waals surface area contributed by atoms with Gasteiger partial charge in [-0.3, -0.25) is 0 Å². The van der Waals surface area contributed by atoms with E-state index in [1.807, 2.05) is 0 Å². The van der Waals surface area contributed by atoms with E-state index in [9.17, 15) is 8.78 Å². The molecule has 0 spiro atoms. The molecule has 22 heavy (non-hydrogen) atoms. The highest BCUT2D eigenvalue weighted by Crippen LogP contribution is 2.46. The molecule has 0 amide bonds. The van der Waals surface area contributed by atoms with Crippen molar-refractivity contribution in [3.63, 3.8) is 0 Å². The molecule has 0 aromatic heterocycles. The second-order valence-corrected chi connectivity index (χ2v) is 9.31. The van der Waals surface area contributed by atoms with Crippen LogP contribution in [0.3, 0.4) is 0 Å². The average Bonchev–Trinajstić information content (AvgIpc) is 2.53. The summed E-state index contributed by atoms with van der Waals surface area (Å²) in [5.41, 5.74) is -0.461. The van der Waals surface area contributed by atoms with Gasteiger partial charge in [-0.2, -0.15) is 0 Å². The second kappa shape index (κ2) is 7.45. The third-order valence-electron chi connectivity index (χ3n) is 7.10. The zero-order valence-electron chi connectivity index (χ0n) is 14.0. The lowest BCUT2D eigenvalue weighted by atomic mass is 9.65. The zero-order chi connectivity index (χ0) is 15.7. The summed E-state index contributed by atoms with van der Waals surface area (Å²) in [6.07, 6.45) is 10.1. The first-order chi connectivity index (χ1) is 10.5. The molecule has 0 nitrogen and oxygen atoms in total. The van der Waals surface area contributed by atoms with Gasteiger partial charge in [-0.1, -0.05) is 19.8 Å². The van der Waals surface area contributed by atoms with Crippen LogP contribution >= 0.6 is 9.24 Å². The third kappa shape index (κ3) is 3.85. The van der Waals surface area contributed by atoms with Gasteiger partial charge >= 0.3 is 0 Å². The van der Waals surface area contributed by atoms with Crippen LogP contribution in [0.4, 0.5) is 8.78 Å². The van der Waals surface area contributed by atoms with E-state index in [2.05, 4.69) is 16.2 Å². The van der Waals surface area contributed by atoms with Crippen LogP contribution in [-0.4, -0.2) is 18.0 Å². The summed E-state index contributed by atoms with van der Waals surface area (Å²) in [4.78, 5) is 0. The van der Waals surface area contributed by atoms with Gasteiger partial charge < -0.3 is 0 Å². The van der Waals surface area contributed by atoms with E-state index in [-0.39, 0.29) is 0 Å². The quantitative estimate of drug-likeness (QED) is 0.549.